The molecule has 33 heavy (non-hydrogen) atoms. The molecule has 6 nitrogen and oxygen atoms in total. The second-order valence-electron chi connectivity index (χ2n) is 8.92. The molecule has 1 amide bonds. The number of carbonyl (C=O) groups is 1. The van der Waals surface area contributed by atoms with E-state index in [1.165, 1.54) is 12.1 Å². The molecule has 1 aliphatic carbocycles. The van der Waals surface area contributed by atoms with Gasteiger partial charge in [-0.05, 0) is 62.1 Å². The number of morpholine rings is 1. The Hall–Kier alpha value is -3.19. The predicted octanol–water partition coefficient (Wildman–Crippen LogP) is 4.68. The summed E-state index contributed by atoms with van der Waals surface area (Å²) in [6.07, 6.45) is 2.28. The fourth-order valence-corrected chi connectivity index (χ4v) is 4.28. The summed E-state index contributed by atoms with van der Waals surface area (Å²) in [5.41, 5.74) is 4.00. The molecule has 2 aliphatic rings. The number of hydrogen-bond donors (Lipinski definition) is 0. The van der Waals surface area contributed by atoms with E-state index in [1.54, 1.807) is 12.1 Å². The summed E-state index contributed by atoms with van der Waals surface area (Å²) in [6, 6.07) is 13.9. The summed E-state index contributed by atoms with van der Waals surface area (Å²) in [7, 11) is 0. The molecule has 0 N–H and O–H groups in total. The van der Waals surface area contributed by atoms with Crippen molar-refractivity contribution in [2.24, 2.45) is 5.92 Å². The van der Waals surface area contributed by atoms with Crippen LogP contribution in [0.3, 0.4) is 0 Å². The first-order valence-electron chi connectivity index (χ1n) is 11.5. The first-order chi connectivity index (χ1) is 16.1. The summed E-state index contributed by atoms with van der Waals surface area (Å²) < 4.78 is 24.9. The zero-order valence-electron chi connectivity index (χ0n) is 18.8. The van der Waals surface area contributed by atoms with Gasteiger partial charge in [-0.3, -0.25) is 4.79 Å². The molecule has 0 unspecified atom stereocenters. The molecule has 0 radical (unpaired) electrons. The van der Waals surface area contributed by atoms with Crippen molar-refractivity contribution < 1.29 is 18.4 Å². The van der Waals surface area contributed by atoms with Crippen LogP contribution >= 0.6 is 0 Å². The largest absolute Gasteiger partial charge is 0.378 e. The molecule has 0 atom stereocenters. The lowest BCUT2D eigenvalue weighted by molar-refractivity contribution is 0.0734. The minimum Gasteiger partial charge on any atom is -0.378 e. The van der Waals surface area contributed by atoms with E-state index in [4.69, 9.17) is 9.26 Å². The second kappa shape index (κ2) is 9.35. The first-order valence-corrected chi connectivity index (χ1v) is 11.5. The second-order valence-corrected chi connectivity index (χ2v) is 8.92. The van der Waals surface area contributed by atoms with Crippen LogP contribution in [0.5, 0.6) is 0 Å². The van der Waals surface area contributed by atoms with Crippen molar-refractivity contribution in [2.75, 3.05) is 37.7 Å². The SMILES string of the molecule is Cc1cccc(C(=O)N(Cc2c(-c3ccc(F)cc3)noc2N2CCOCC2)CC2CC2)c1. The minimum atomic E-state index is -0.304. The summed E-state index contributed by atoms with van der Waals surface area (Å²) in [6.45, 7) is 5.68. The van der Waals surface area contributed by atoms with Crippen LogP contribution < -0.4 is 4.90 Å². The minimum absolute atomic E-state index is 0.00443. The number of halogens is 1. The monoisotopic (exact) mass is 449 g/mol. The molecule has 2 fully saturated rings. The van der Waals surface area contributed by atoms with E-state index < -0.39 is 0 Å². The van der Waals surface area contributed by atoms with Crippen molar-refractivity contribution in [3.8, 4) is 11.3 Å². The molecular weight excluding hydrogens is 421 g/mol. The number of nitrogens with zero attached hydrogens (tertiary/aromatic N) is 3. The van der Waals surface area contributed by atoms with Gasteiger partial charge in [-0.15, -0.1) is 0 Å². The molecule has 3 aromatic rings. The third-order valence-electron chi connectivity index (χ3n) is 6.26. The van der Waals surface area contributed by atoms with Gasteiger partial charge in [-0.2, -0.15) is 0 Å². The summed E-state index contributed by atoms with van der Waals surface area (Å²) in [4.78, 5) is 17.6. The highest BCUT2D eigenvalue weighted by molar-refractivity contribution is 5.94. The van der Waals surface area contributed by atoms with Gasteiger partial charge in [0.1, 0.15) is 11.5 Å². The van der Waals surface area contributed by atoms with Gasteiger partial charge in [0, 0.05) is 30.8 Å². The number of benzene rings is 2. The van der Waals surface area contributed by atoms with Gasteiger partial charge in [-0.25, -0.2) is 4.39 Å². The van der Waals surface area contributed by atoms with Gasteiger partial charge in [0.2, 0.25) is 5.88 Å². The summed E-state index contributed by atoms with van der Waals surface area (Å²) in [5, 5.41) is 4.37. The highest BCUT2D eigenvalue weighted by atomic mass is 19.1. The molecule has 7 heteroatoms. The number of aromatic nitrogens is 1. The Morgan fingerprint density at radius 1 is 1.15 bits per heavy atom. The van der Waals surface area contributed by atoms with E-state index in [-0.39, 0.29) is 11.7 Å². The number of ether oxygens (including phenoxy) is 1. The van der Waals surface area contributed by atoms with Crippen LogP contribution in [0.2, 0.25) is 0 Å². The summed E-state index contributed by atoms with van der Waals surface area (Å²) >= 11 is 0. The maximum atomic E-state index is 13.6. The lowest BCUT2D eigenvalue weighted by atomic mass is 10.1. The van der Waals surface area contributed by atoms with Crippen LogP contribution in [0.15, 0.2) is 53.1 Å². The Morgan fingerprint density at radius 3 is 2.61 bits per heavy atom. The molecule has 1 saturated heterocycles. The zero-order valence-corrected chi connectivity index (χ0v) is 18.8. The van der Waals surface area contributed by atoms with E-state index in [2.05, 4.69) is 10.1 Å². The Balaban J connectivity index is 1.52. The third-order valence-corrected chi connectivity index (χ3v) is 6.26. The molecule has 0 bridgehead atoms. The molecule has 2 heterocycles. The molecule has 5 rings (SSSR count). The number of anilines is 1. The Labute approximate surface area is 192 Å². The van der Waals surface area contributed by atoms with Crippen LogP contribution in [0.1, 0.15) is 34.3 Å². The molecule has 1 aliphatic heterocycles. The summed E-state index contributed by atoms with van der Waals surface area (Å²) in [5.74, 6) is 0.891. The average molecular weight is 450 g/mol. The van der Waals surface area contributed by atoms with Gasteiger partial charge in [0.05, 0.1) is 25.3 Å². The fourth-order valence-electron chi connectivity index (χ4n) is 4.28. The van der Waals surface area contributed by atoms with Crippen molar-refractivity contribution >= 4 is 11.8 Å². The lowest BCUT2D eigenvalue weighted by Crippen LogP contribution is -2.37. The maximum absolute atomic E-state index is 13.6. The van der Waals surface area contributed by atoms with Crippen molar-refractivity contribution in [3.63, 3.8) is 0 Å². The van der Waals surface area contributed by atoms with Gasteiger partial charge in [-0.1, -0.05) is 22.9 Å². The van der Waals surface area contributed by atoms with E-state index in [0.717, 1.165) is 29.5 Å². The predicted molar refractivity (Wildman–Crippen MR) is 124 cm³/mol. The normalized spacial score (nSPS) is 16.1. The highest BCUT2D eigenvalue weighted by Gasteiger charge is 2.31. The van der Waals surface area contributed by atoms with Crippen molar-refractivity contribution in [3.05, 3.63) is 71.0 Å². The van der Waals surface area contributed by atoms with E-state index in [9.17, 15) is 9.18 Å². The maximum Gasteiger partial charge on any atom is 0.254 e. The van der Waals surface area contributed by atoms with E-state index >= 15 is 0 Å². The lowest BCUT2D eigenvalue weighted by Gasteiger charge is -2.28. The Kier molecular flexibility index (Phi) is 6.13. The zero-order chi connectivity index (χ0) is 22.8. The van der Waals surface area contributed by atoms with Crippen LogP contribution in [0, 0.1) is 18.7 Å². The number of rotatable bonds is 7. The van der Waals surface area contributed by atoms with Crippen molar-refractivity contribution in [1.29, 1.82) is 0 Å². The fraction of sp³-hybridized carbons (Fsp3) is 0.385. The van der Waals surface area contributed by atoms with E-state index in [1.807, 2.05) is 36.1 Å². The van der Waals surface area contributed by atoms with Crippen molar-refractivity contribution in [1.82, 2.24) is 10.1 Å². The van der Waals surface area contributed by atoms with Gasteiger partial charge < -0.3 is 19.1 Å². The number of carbonyl (C=O) groups excluding carboxylic acids is 1. The molecular formula is C26H28FN3O3. The number of amides is 1. The van der Waals surface area contributed by atoms with Crippen LogP contribution in [-0.4, -0.2) is 48.8 Å². The Morgan fingerprint density at radius 2 is 1.91 bits per heavy atom. The smallest absolute Gasteiger partial charge is 0.254 e. The van der Waals surface area contributed by atoms with E-state index in [0.29, 0.717) is 62.5 Å². The van der Waals surface area contributed by atoms with Crippen LogP contribution in [-0.2, 0) is 11.3 Å². The molecule has 0 spiro atoms. The first kappa shape index (κ1) is 21.6. The third kappa shape index (κ3) is 4.93. The average Bonchev–Trinajstić information content (AvgIpc) is 3.56. The van der Waals surface area contributed by atoms with Gasteiger partial charge in [0.15, 0.2) is 0 Å². The molecule has 172 valence electrons. The quantitative estimate of drug-likeness (QED) is 0.524. The van der Waals surface area contributed by atoms with Crippen LogP contribution in [0.25, 0.3) is 11.3 Å². The highest BCUT2D eigenvalue weighted by Crippen LogP contribution is 2.36. The molecule has 1 saturated carbocycles. The van der Waals surface area contributed by atoms with Gasteiger partial charge in [0.25, 0.3) is 5.91 Å². The number of aryl methyl sites for hydroxylation is 1. The topological polar surface area (TPSA) is 58.8 Å². The number of hydrogen-bond acceptors (Lipinski definition) is 5. The Bertz CT molecular complexity index is 1120. The standard InChI is InChI=1S/C26H28FN3O3/c1-18-3-2-4-21(15-18)25(31)30(16-19-5-6-19)17-23-24(20-7-9-22(27)10-8-20)28-33-26(23)29-11-13-32-14-12-29/h2-4,7-10,15,19H,5-6,11-14,16-17H2,1H3. The molecule has 2 aromatic carbocycles. The molecule has 1 aromatic heterocycles. The van der Waals surface area contributed by atoms with Crippen molar-refractivity contribution in [2.45, 2.75) is 26.3 Å². The van der Waals surface area contributed by atoms with Gasteiger partial charge >= 0.3 is 0 Å². The van der Waals surface area contributed by atoms with Crippen LogP contribution in [0.4, 0.5) is 10.3 Å².